The molecule has 2 nitrogen and oxygen atoms in total. The number of hydrogen-bond donors (Lipinski definition) is 0. The van der Waals surface area contributed by atoms with Gasteiger partial charge in [-0.2, -0.15) is 0 Å². The Balaban J connectivity index is 2.42. The zero-order valence-corrected chi connectivity index (χ0v) is 22.3. The van der Waals surface area contributed by atoms with Crippen LogP contribution in [0.3, 0.4) is 0 Å². The van der Waals surface area contributed by atoms with Gasteiger partial charge < -0.3 is 9.47 Å². The third-order valence-corrected chi connectivity index (χ3v) is 7.62. The molecule has 3 rings (SSSR count). The van der Waals surface area contributed by atoms with Crippen LogP contribution in [0.4, 0.5) is 0 Å². The van der Waals surface area contributed by atoms with Gasteiger partial charge in [0.15, 0.2) is 11.5 Å². The minimum atomic E-state index is 0.726. The summed E-state index contributed by atoms with van der Waals surface area (Å²) in [5.74, 6) is 1.59. The van der Waals surface area contributed by atoms with Crippen LogP contribution < -0.4 is 14.8 Å². The summed E-state index contributed by atoms with van der Waals surface area (Å²) in [7, 11) is 4.14. The zero-order chi connectivity index (χ0) is 22.4. The molecule has 1 unspecified atom stereocenters. The first-order valence-corrected chi connectivity index (χ1v) is 13.5. The second-order valence-corrected chi connectivity index (χ2v) is 9.71. The van der Waals surface area contributed by atoms with Crippen LogP contribution in [0.15, 0.2) is 48.5 Å². The minimum absolute atomic E-state index is 0.726. The van der Waals surface area contributed by atoms with Crippen LogP contribution in [0.5, 0.6) is 11.5 Å². The molecule has 1 atom stereocenters. The van der Waals surface area contributed by atoms with Crippen molar-refractivity contribution in [3.05, 3.63) is 63.2 Å². The lowest BCUT2D eigenvalue weighted by Crippen LogP contribution is -2.11. The average molecular weight is 546 g/mol. The largest absolute Gasteiger partial charge is 0.493 e. The highest BCUT2D eigenvalue weighted by atomic mass is 127. The van der Waals surface area contributed by atoms with Gasteiger partial charge in [0.1, 0.15) is 0 Å². The molecule has 3 aromatic rings. The molecule has 0 spiro atoms. The third kappa shape index (κ3) is 4.93. The van der Waals surface area contributed by atoms with Gasteiger partial charge in [-0.15, -0.1) is 0 Å². The molecule has 0 aliphatic rings. The second kappa shape index (κ2) is 11.3. The lowest BCUT2D eigenvalue weighted by atomic mass is 9.85. The van der Waals surface area contributed by atoms with Crippen molar-refractivity contribution < 1.29 is 9.47 Å². The maximum Gasteiger partial charge on any atom is 0.174 e. The van der Waals surface area contributed by atoms with E-state index in [1.54, 1.807) is 14.2 Å². The molecule has 0 aromatic heterocycles. The number of hydrogen-bond acceptors (Lipinski definition) is 2. The topological polar surface area (TPSA) is 18.5 Å². The number of ether oxygens (including phenoxy) is 2. The summed E-state index contributed by atoms with van der Waals surface area (Å²) in [4.78, 5) is 0. The van der Waals surface area contributed by atoms with E-state index in [2.05, 4.69) is 85.6 Å². The summed E-state index contributed by atoms with van der Waals surface area (Å²) in [6.45, 7) is 6.84. The molecule has 0 fully saturated rings. The first kappa shape index (κ1) is 24.1. The molecular formula is C27H32IO2P. The van der Waals surface area contributed by atoms with Crippen molar-refractivity contribution in [2.75, 3.05) is 20.9 Å². The van der Waals surface area contributed by atoms with Gasteiger partial charge in [0, 0.05) is 0 Å². The highest BCUT2D eigenvalue weighted by Crippen LogP contribution is 2.43. The minimum Gasteiger partial charge on any atom is -0.493 e. The molecule has 4 heteroatoms. The number of rotatable bonds is 9. The van der Waals surface area contributed by atoms with Crippen molar-refractivity contribution in [3.8, 4) is 33.8 Å². The summed E-state index contributed by atoms with van der Waals surface area (Å²) >= 11 is 2.42. The standard InChI is InChI=1S/C27H32IO2P/c1-6-11-19-17-23(31-5)25(21-15-16-22(29-3)27(30-4)26(21)28)20(12-7-2)24(19)18-13-9-8-10-14-18/h8-10,13-17,31H,6-7,11-12H2,1-5H3. The summed E-state index contributed by atoms with van der Waals surface area (Å²) in [6, 6.07) is 17.6. The Morgan fingerprint density at radius 1 is 0.871 bits per heavy atom. The van der Waals surface area contributed by atoms with Crippen molar-refractivity contribution >= 4 is 36.5 Å². The molecule has 0 radical (unpaired) electrons. The average Bonchev–Trinajstić information content (AvgIpc) is 2.80. The fraction of sp³-hybridized carbons (Fsp3) is 0.333. The van der Waals surface area contributed by atoms with Crippen molar-refractivity contribution in [2.24, 2.45) is 0 Å². The molecule has 0 aliphatic carbocycles. The zero-order valence-electron chi connectivity index (χ0n) is 19.1. The SMILES string of the molecule is CCCc1cc(PC)c(-c2ccc(OC)c(OC)c2I)c(CCC)c1-c1ccccc1. The molecule has 0 saturated carbocycles. The number of benzene rings is 3. The lowest BCUT2D eigenvalue weighted by Gasteiger charge is -2.24. The predicted octanol–water partition coefficient (Wildman–Crippen LogP) is 7.48. The van der Waals surface area contributed by atoms with E-state index in [1.165, 1.54) is 38.7 Å². The van der Waals surface area contributed by atoms with E-state index in [9.17, 15) is 0 Å². The van der Waals surface area contributed by atoms with Crippen molar-refractivity contribution in [1.29, 1.82) is 0 Å². The molecule has 0 amide bonds. The van der Waals surface area contributed by atoms with Crippen LogP contribution in [-0.2, 0) is 12.8 Å². The molecule has 164 valence electrons. The maximum absolute atomic E-state index is 5.75. The van der Waals surface area contributed by atoms with Crippen LogP contribution in [0.25, 0.3) is 22.3 Å². The molecule has 31 heavy (non-hydrogen) atoms. The Hall–Kier alpha value is -1.58. The Kier molecular flexibility index (Phi) is 8.80. The third-order valence-electron chi connectivity index (χ3n) is 5.62. The Labute approximate surface area is 202 Å². The van der Waals surface area contributed by atoms with Crippen molar-refractivity contribution in [3.63, 3.8) is 0 Å². The van der Waals surface area contributed by atoms with E-state index >= 15 is 0 Å². The van der Waals surface area contributed by atoms with Gasteiger partial charge in [-0.05, 0) is 92.9 Å². The molecular weight excluding hydrogens is 514 g/mol. The first-order valence-electron chi connectivity index (χ1n) is 10.9. The number of methoxy groups -OCH3 is 2. The fourth-order valence-electron chi connectivity index (χ4n) is 4.32. The molecule has 3 aromatic carbocycles. The van der Waals surface area contributed by atoms with Crippen LogP contribution in [0, 0.1) is 3.57 Å². The van der Waals surface area contributed by atoms with Gasteiger partial charge in [0.2, 0.25) is 0 Å². The summed E-state index contributed by atoms with van der Waals surface area (Å²) < 4.78 is 12.4. The Morgan fingerprint density at radius 2 is 1.58 bits per heavy atom. The molecule has 0 bridgehead atoms. The van der Waals surface area contributed by atoms with Crippen LogP contribution in [-0.4, -0.2) is 20.9 Å². The van der Waals surface area contributed by atoms with Crippen LogP contribution in [0.2, 0.25) is 0 Å². The highest BCUT2D eigenvalue weighted by Gasteiger charge is 2.23. The summed E-state index contributed by atoms with van der Waals surface area (Å²) in [6.07, 6.45) is 4.41. The van der Waals surface area contributed by atoms with Gasteiger partial charge in [-0.3, -0.25) is 0 Å². The fourth-order valence-corrected chi connectivity index (χ4v) is 6.11. The van der Waals surface area contributed by atoms with Gasteiger partial charge in [-0.25, -0.2) is 0 Å². The maximum atomic E-state index is 5.75. The van der Waals surface area contributed by atoms with E-state index in [1.807, 2.05) is 6.07 Å². The summed E-state index contributed by atoms with van der Waals surface area (Å²) in [5, 5.41) is 1.44. The smallest absolute Gasteiger partial charge is 0.174 e. The summed E-state index contributed by atoms with van der Waals surface area (Å²) in [5.41, 5.74) is 8.30. The molecule has 0 saturated heterocycles. The quantitative estimate of drug-likeness (QED) is 0.205. The molecule has 0 heterocycles. The van der Waals surface area contributed by atoms with E-state index in [4.69, 9.17) is 9.47 Å². The monoisotopic (exact) mass is 546 g/mol. The van der Waals surface area contributed by atoms with Crippen LogP contribution >= 0.6 is 31.2 Å². The van der Waals surface area contributed by atoms with Crippen LogP contribution in [0.1, 0.15) is 37.8 Å². The Bertz CT molecular complexity index is 1030. The molecule has 0 aliphatic heterocycles. The van der Waals surface area contributed by atoms with E-state index in [-0.39, 0.29) is 0 Å². The van der Waals surface area contributed by atoms with Crippen molar-refractivity contribution in [2.45, 2.75) is 39.5 Å². The van der Waals surface area contributed by atoms with Crippen molar-refractivity contribution in [1.82, 2.24) is 0 Å². The van der Waals surface area contributed by atoms with Gasteiger partial charge in [0.05, 0.1) is 17.8 Å². The second-order valence-electron chi connectivity index (χ2n) is 7.59. The Morgan fingerprint density at radius 3 is 2.16 bits per heavy atom. The lowest BCUT2D eigenvalue weighted by molar-refractivity contribution is 0.353. The van der Waals surface area contributed by atoms with Gasteiger partial charge >= 0.3 is 0 Å². The highest BCUT2D eigenvalue weighted by molar-refractivity contribution is 14.1. The van der Waals surface area contributed by atoms with E-state index in [0.717, 1.165) is 49.3 Å². The number of aryl methyl sites for hydroxylation is 1. The van der Waals surface area contributed by atoms with E-state index in [0.29, 0.717) is 0 Å². The van der Waals surface area contributed by atoms with Gasteiger partial charge in [-0.1, -0.05) is 71.7 Å². The predicted molar refractivity (Wildman–Crippen MR) is 145 cm³/mol. The normalized spacial score (nSPS) is 11.3. The molecule has 0 N–H and O–H groups in total. The first-order chi connectivity index (χ1) is 15.1. The van der Waals surface area contributed by atoms with E-state index < -0.39 is 0 Å². The van der Waals surface area contributed by atoms with Gasteiger partial charge in [0.25, 0.3) is 0 Å². The number of halogens is 1.